The van der Waals surface area contributed by atoms with Crippen molar-refractivity contribution >= 4 is 15.7 Å². The van der Waals surface area contributed by atoms with Gasteiger partial charge in [0.25, 0.3) is 0 Å². The van der Waals surface area contributed by atoms with E-state index < -0.39 is 33.5 Å². The molecule has 1 aliphatic rings. The summed E-state index contributed by atoms with van der Waals surface area (Å²) in [5.74, 6) is -1.60. The zero-order chi connectivity index (χ0) is 14.2. The van der Waals surface area contributed by atoms with E-state index >= 15 is 0 Å². The first-order chi connectivity index (χ1) is 7.96. The minimum Gasteiger partial charge on any atom is -0.351 e. The standard InChI is InChI=1S/C9H15F3N2O3S/c1-8(13,9(10,11)12)7(15)14-6-2-4-18(16,17)5-3-6/h6H,2-5,13H2,1H3,(H,14,15). The number of amides is 1. The Bertz CT molecular complexity index is 417. The van der Waals surface area contributed by atoms with Crippen molar-refractivity contribution in [2.45, 2.75) is 37.5 Å². The quantitative estimate of drug-likeness (QED) is 0.746. The highest BCUT2D eigenvalue weighted by molar-refractivity contribution is 7.91. The van der Waals surface area contributed by atoms with Crippen LogP contribution in [0, 0.1) is 0 Å². The number of hydrogen-bond donors (Lipinski definition) is 2. The van der Waals surface area contributed by atoms with Crippen LogP contribution in [0.25, 0.3) is 0 Å². The van der Waals surface area contributed by atoms with Gasteiger partial charge in [0, 0.05) is 6.04 Å². The number of carbonyl (C=O) groups excluding carboxylic acids is 1. The molecule has 1 aliphatic heterocycles. The fourth-order valence-corrected chi connectivity index (χ4v) is 2.99. The van der Waals surface area contributed by atoms with Crippen molar-refractivity contribution in [1.29, 1.82) is 0 Å². The number of carbonyl (C=O) groups is 1. The predicted molar refractivity (Wildman–Crippen MR) is 58.5 cm³/mol. The van der Waals surface area contributed by atoms with E-state index in [1.165, 1.54) is 0 Å². The summed E-state index contributed by atoms with van der Waals surface area (Å²) in [4.78, 5) is 11.4. The lowest BCUT2D eigenvalue weighted by molar-refractivity contribution is -0.187. The van der Waals surface area contributed by atoms with Crippen molar-refractivity contribution in [3.63, 3.8) is 0 Å². The minimum atomic E-state index is -4.85. The molecule has 18 heavy (non-hydrogen) atoms. The average Bonchev–Trinajstić information content (AvgIpc) is 2.19. The van der Waals surface area contributed by atoms with Crippen LogP contribution in [0.4, 0.5) is 13.2 Å². The third-order valence-corrected chi connectivity index (χ3v) is 4.67. The van der Waals surface area contributed by atoms with E-state index in [-0.39, 0.29) is 24.3 Å². The molecular formula is C9H15F3N2O3S. The van der Waals surface area contributed by atoms with Gasteiger partial charge in [0.15, 0.2) is 5.54 Å². The molecule has 1 heterocycles. The van der Waals surface area contributed by atoms with Crippen LogP contribution in [-0.2, 0) is 14.6 Å². The predicted octanol–water partition coefficient (Wildman–Crippen LogP) is -0.0405. The molecule has 1 atom stereocenters. The number of halogens is 3. The number of hydrogen-bond acceptors (Lipinski definition) is 4. The minimum absolute atomic E-state index is 0.113. The highest BCUT2D eigenvalue weighted by Gasteiger charge is 2.54. The van der Waals surface area contributed by atoms with Crippen molar-refractivity contribution < 1.29 is 26.4 Å². The first-order valence-electron chi connectivity index (χ1n) is 5.33. The highest BCUT2D eigenvalue weighted by Crippen LogP contribution is 2.28. The lowest BCUT2D eigenvalue weighted by Gasteiger charge is -2.30. The normalized spacial score (nSPS) is 24.3. The summed E-state index contributed by atoms with van der Waals surface area (Å²) in [6.07, 6.45) is -4.62. The van der Waals surface area contributed by atoms with Gasteiger partial charge in [-0.15, -0.1) is 0 Å². The van der Waals surface area contributed by atoms with E-state index in [9.17, 15) is 26.4 Å². The maximum absolute atomic E-state index is 12.5. The van der Waals surface area contributed by atoms with E-state index in [2.05, 4.69) is 5.32 Å². The Balaban J connectivity index is 2.62. The van der Waals surface area contributed by atoms with Crippen LogP contribution in [-0.4, -0.2) is 43.6 Å². The number of nitrogens with two attached hydrogens (primary N) is 1. The molecule has 0 aromatic carbocycles. The molecule has 1 rings (SSSR count). The first-order valence-corrected chi connectivity index (χ1v) is 7.15. The SMILES string of the molecule is CC(N)(C(=O)NC1CCS(=O)(=O)CC1)C(F)(F)F. The Morgan fingerprint density at radius 3 is 2.11 bits per heavy atom. The van der Waals surface area contributed by atoms with Crippen molar-refractivity contribution in [1.82, 2.24) is 5.32 Å². The fourth-order valence-electron chi connectivity index (χ4n) is 1.50. The molecule has 106 valence electrons. The molecule has 1 saturated heterocycles. The maximum Gasteiger partial charge on any atom is 0.415 e. The Kier molecular flexibility index (Phi) is 3.97. The van der Waals surface area contributed by atoms with Crippen LogP contribution in [0.2, 0.25) is 0 Å². The molecule has 0 spiro atoms. The van der Waals surface area contributed by atoms with E-state index in [0.29, 0.717) is 6.92 Å². The van der Waals surface area contributed by atoms with Gasteiger partial charge in [0.1, 0.15) is 9.84 Å². The number of rotatable bonds is 2. The molecule has 0 aromatic heterocycles. The van der Waals surface area contributed by atoms with Gasteiger partial charge in [0.05, 0.1) is 11.5 Å². The summed E-state index contributed by atoms with van der Waals surface area (Å²) in [5.41, 5.74) is 1.98. The smallest absolute Gasteiger partial charge is 0.351 e. The van der Waals surface area contributed by atoms with E-state index in [0.717, 1.165) is 0 Å². The lowest BCUT2D eigenvalue weighted by atomic mass is 10.0. The molecule has 0 aromatic rings. The van der Waals surface area contributed by atoms with Gasteiger partial charge in [-0.3, -0.25) is 4.79 Å². The zero-order valence-corrected chi connectivity index (χ0v) is 10.6. The number of alkyl halides is 3. The summed E-state index contributed by atoms with van der Waals surface area (Å²) in [6, 6.07) is -0.578. The van der Waals surface area contributed by atoms with Crippen LogP contribution in [0.3, 0.4) is 0 Å². The molecule has 0 aliphatic carbocycles. The van der Waals surface area contributed by atoms with Crippen molar-refractivity contribution in [3.05, 3.63) is 0 Å². The molecule has 0 saturated carbocycles. The van der Waals surface area contributed by atoms with E-state index in [1.54, 1.807) is 0 Å². The summed E-state index contributed by atoms with van der Waals surface area (Å²) < 4.78 is 59.7. The highest BCUT2D eigenvalue weighted by atomic mass is 32.2. The molecule has 0 radical (unpaired) electrons. The van der Waals surface area contributed by atoms with Gasteiger partial charge in [0.2, 0.25) is 5.91 Å². The van der Waals surface area contributed by atoms with Gasteiger partial charge in [-0.2, -0.15) is 13.2 Å². The summed E-state index contributed by atoms with van der Waals surface area (Å²) in [6.45, 7) is 0.585. The van der Waals surface area contributed by atoms with Crippen LogP contribution >= 0.6 is 0 Å². The van der Waals surface area contributed by atoms with Crippen LogP contribution in [0.5, 0.6) is 0 Å². The Hall–Kier alpha value is -0.830. The summed E-state index contributed by atoms with van der Waals surface area (Å²) >= 11 is 0. The molecule has 1 amide bonds. The second kappa shape index (κ2) is 4.69. The summed E-state index contributed by atoms with van der Waals surface area (Å²) in [7, 11) is -3.12. The molecule has 1 unspecified atom stereocenters. The topological polar surface area (TPSA) is 89.3 Å². The Morgan fingerprint density at radius 1 is 1.28 bits per heavy atom. The second-order valence-electron chi connectivity index (χ2n) is 4.60. The van der Waals surface area contributed by atoms with Crippen molar-refractivity contribution in [2.24, 2.45) is 5.73 Å². The van der Waals surface area contributed by atoms with Crippen LogP contribution in [0.15, 0.2) is 0 Å². The molecule has 5 nitrogen and oxygen atoms in total. The van der Waals surface area contributed by atoms with Gasteiger partial charge < -0.3 is 11.1 Å². The van der Waals surface area contributed by atoms with Gasteiger partial charge in [-0.25, -0.2) is 8.42 Å². The average molecular weight is 288 g/mol. The van der Waals surface area contributed by atoms with E-state index in [4.69, 9.17) is 5.73 Å². The summed E-state index contributed by atoms with van der Waals surface area (Å²) in [5, 5.41) is 2.16. The molecule has 0 bridgehead atoms. The monoisotopic (exact) mass is 288 g/mol. The first kappa shape index (κ1) is 15.2. The molecule has 1 fully saturated rings. The van der Waals surface area contributed by atoms with Gasteiger partial charge in [-0.1, -0.05) is 0 Å². The maximum atomic E-state index is 12.5. The molecule has 9 heteroatoms. The van der Waals surface area contributed by atoms with Gasteiger partial charge >= 0.3 is 6.18 Å². The van der Waals surface area contributed by atoms with Crippen molar-refractivity contribution in [2.75, 3.05) is 11.5 Å². The number of nitrogens with one attached hydrogen (secondary N) is 1. The lowest BCUT2D eigenvalue weighted by Crippen LogP contribution is -2.63. The second-order valence-corrected chi connectivity index (χ2v) is 6.90. The van der Waals surface area contributed by atoms with Crippen LogP contribution in [0.1, 0.15) is 19.8 Å². The third-order valence-electron chi connectivity index (χ3n) is 2.95. The third kappa shape index (κ3) is 3.35. The molecule has 3 N–H and O–H groups in total. The number of sulfone groups is 1. The Morgan fingerprint density at radius 2 is 1.72 bits per heavy atom. The van der Waals surface area contributed by atoms with E-state index in [1.807, 2.05) is 0 Å². The zero-order valence-electron chi connectivity index (χ0n) is 9.75. The fraction of sp³-hybridized carbons (Fsp3) is 0.889. The largest absolute Gasteiger partial charge is 0.415 e. The Labute approximate surface area is 103 Å². The molecular weight excluding hydrogens is 273 g/mol. The van der Waals surface area contributed by atoms with Crippen molar-refractivity contribution in [3.8, 4) is 0 Å². The van der Waals surface area contributed by atoms with Gasteiger partial charge in [-0.05, 0) is 19.8 Å². The van der Waals surface area contributed by atoms with Crippen LogP contribution < -0.4 is 11.1 Å².